The molecule has 2 aromatic rings. The van der Waals surface area contributed by atoms with Crippen LogP contribution in [0.15, 0.2) is 42.5 Å². The third kappa shape index (κ3) is 2.96. The highest BCUT2D eigenvalue weighted by Gasteiger charge is 2.26. The molecule has 2 aromatic carbocycles. The number of halogens is 1. The Morgan fingerprint density at radius 1 is 1.29 bits per heavy atom. The lowest BCUT2D eigenvalue weighted by Crippen LogP contribution is -2.24. The van der Waals surface area contributed by atoms with E-state index in [1.165, 1.54) is 0 Å². The molecule has 0 amide bonds. The molecular formula is C18H18ClNO. The van der Waals surface area contributed by atoms with E-state index in [0.717, 1.165) is 35.3 Å². The molecule has 1 aliphatic rings. The Morgan fingerprint density at radius 2 is 2.10 bits per heavy atom. The number of aryl methyl sites for hydroxylation is 1. The van der Waals surface area contributed by atoms with Gasteiger partial charge in [-0.2, -0.15) is 0 Å². The third-order valence-electron chi connectivity index (χ3n) is 4.05. The summed E-state index contributed by atoms with van der Waals surface area (Å²) < 4.78 is 0. The number of hydrogen-bond donors (Lipinski definition) is 1. The first kappa shape index (κ1) is 14.2. The molecule has 0 saturated carbocycles. The summed E-state index contributed by atoms with van der Waals surface area (Å²) in [4.78, 5) is 12.7. The van der Waals surface area contributed by atoms with E-state index in [0.29, 0.717) is 11.4 Å². The summed E-state index contributed by atoms with van der Waals surface area (Å²) in [7, 11) is 0. The molecular weight excluding hydrogens is 282 g/mol. The quantitative estimate of drug-likeness (QED) is 0.912. The van der Waals surface area contributed by atoms with E-state index in [1.807, 2.05) is 49.4 Å². The van der Waals surface area contributed by atoms with Crippen molar-refractivity contribution in [3.63, 3.8) is 0 Å². The molecule has 1 N–H and O–H groups in total. The molecule has 108 valence electrons. The minimum atomic E-state index is -0.0279. The SMILES string of the molecule is Cc1ccc(CC(=O)C2CCNc3ccccc32)c(Cl)c1. The molecule has 3 heteroatoms. The molecule has 0 aromatic heterocycles. The van der Waals surface area contributed by atoms with Crippen molar-refractivity contribution in [2.45, 2.75) is 25.7 Å². The van der Waals surface area contributed by atoms with Crippen LogP contribution in [-0.4, -0.2) is 12.3 Å². The van der Waals surface area contributed by atoms with E-state index in [9.17, 15) is 4.79 Å². The van der Waals surface area contributed by atoms with Crippen molar-refractivity contribution in [3.8, 4) is 0 Å². The van der Waals surface area contributed by atoms with E-state index >= 15 is 0 Å². The number of rotatable bonds is 3. The fourth-order valence-electron chi connectivity index (χ4n) is 2.91. The lowest BCUT2D eigenvalue weighted by Gasteiger charge is -2.25. The number of nitrogens with one attached hydrogen (secondary N) is 1. The predicted octanol–water partition coefficient (Wildman–Crippen LogP) is 4.36. The Balaban J connectivity index is 1.83. The Kier molecular flexibility index (Phi) is 3.98. The largest absolute Gasteiger partial charge is 0.385 e. The van der Waals surface area contributed by atoms with Gasteiger partial charge < -0.3 is 5.32 Å². The van der Waals surface area contributed by atoms with Gasteiger partial charge in [-0.3, -0.25) is 4.79 Å². The highest BCUT2D eigenvalue weighted by atomic mass is 35.5. The third-order valence-corrected chi connectivity index (χ3v) is 4.40. The van der Waals surface area contributed by atoms with Crippen molar-refractivity contribution in [1.82, 2.24) is 0 Å². The van der Waals surface area contributed by atoms with Crippen molar-refractivity contribution in [2.75, 3.05) is 11.9 Å². The van der Waals surface area contributed by atoms with E-state index < -0.39 is 0 Å². The van der Waals surface area contributed by atoms with Crippen LogP contribution in [0.3, 0.4) is 0 Å². The monoisotopic (exact) mass is 299 g/mol. The molecule has 21 heavy (non-hydrogen) atoms. The molecule has 0 bridgehead atoms. The van der Waals surface area contributed by atoms with Gasteiger partial charge in [0.25, 0.3) is 0 Å². The number of ketones is 1. The summed E-state index contributed by atoms with van der Waals surface area (Å²) in [6, 6.07) is 13.9. The van der Waals surface area contributed by atoms with Crippen LogP contribution in [0.2, 0.25) is 5.02 Å². The van der Waals surface area contributed by atoms with Gasteiger partial charge >= 0.3 is 0 Å². The van der Waals surface area contributed by atoms with E-state index in [1.54, 1.807) is 0 Å². The van der Waals surface area contributed by atoms with Gasteiger partial charge in [0.1, 0.15) is 5.78 Å². The van der Waals surface area contributed by atoms with Gasteiger partial charge in [0.15, 0.2) is 0 Å². The van der Waals surface area contributed by atoms with Crippen molar-refractivity contribution < 1.29 is 4.79 Å². The zero-order valence-corrected chi connectivity index (χ0v) is 12.8. The Hall–Kier alpha value is -1.80. The molecule has 0 radical (unpaired) electrons. The second-order valence-corrected chi connectivity index (χ2v) is 6.00. The fourth-order valence-corrected chi connectivity index (χ4v) is 3.21. The lowest BCUT2D eigenvalue weighted by atomic mass is 9.85. The lowest BCUT2D eigenvalue weighted by molar-refractivity contribution is -0.120. The first-order valence-corrected chi connectivity index (χ1v) is 7.63. The Morgan fingerprint density at radius 3 is 2.90 bits per heavy atom. The molecule has 0 saturated heterocycles. The van der Waals surface area contributed by atoms with Gasteiger partial charge in [0, 0.05) is 29.6 Å². The first-order valence-electron chi connectivity index (χ1n) is 7.25. The number of carbonyl (C=O) groups is 1. The van der Waals surface area contributed by atoms with Gasteiger partial charge in [-0.25, -0.2) is 0 Å². The van der Waals surface area contributed by atoms with Crippen LogP contribution in [0, 0.1) is 6.92 Å². The van der Waals surface area contributed by atoms with E-state index in [-0.39, 0.29) is 11.7 Å². The van der Waals surface area contributed by atoms with Crippen LogP contribution in [0.4, 0.5) is 5.69 Å². The topological polar surface area (TPSA) is 29.1 Å². The molecule has 3 rings (SSSR count). The number of hydrogen-bond acceptors (Lipinski definition) is 2. The molecule has 0 spiro atoms. The summed E-state index contributed by atoms with van der Waals surface area (Å²) >= 11 is 6.25. The minimum absolute atomic E-state index is 0.0279. The average Bonchev–Trinajstić information content (AvgIpc) is 2.49. The summed E-state index contributed by atoms with van der Waals surface area (Å²) in [5, 5.41) is 4.04. The standard InChI is InChI=1S/C18H18ClNO/c1-12-6-7-13(16(19)10-12)11-18(21)15-8-9-20-17-5-3-2-4-14(15)17/h2-7,10,15,20H,8-9,11H2,1H3. The summed E-state index contributed by atoms with van der Waals surface area (Å²) in [6.45, 7) is 2.84. The van der Waals surface area contributed by atoms with Gasteiger partial charge in [-0.1, -0.05) is 41.9 Å². The Labute approximate surface area is 130 Å². The van der Waals surface area contributed by atoms with Crippen molar-refractivity contribution >= 4 is 23.1 Å². The average molecular weight is 300 g/mol. The summed E-state index contributed by atoms with van der Waals surface area (Å²) in [6.07, 6.45) is 1.25. The van der Waals surface area contributed by atoms with E-state index in [2.05, 4.69) is 5.32 Å². The Bertz CT molecular complexity index is 681. The molecule has 2 nitrogen and oxygen atoms in total. The number of fused-ring (bicyclic) bond motifs is 1. The molecule has 1 atom stereocenters. The van der Waals surface area contributed by atoms with E-state index in [4.69, 9.17) is 11.6 Å². The number of carbonyl (C=O) groups excluding carboxylic acids is 1. The number of anilines is 1. The number of benzene rings is 2. The maximum absolute atomic E-state index is 12.7. The zero-order chi connectivity index (χ0) is 14.8. The van der Waals surface area contributed by atoms with Crippen molar-refractivity contribution in [2.24, 2.45) is 0 Å². The van der Waals surface area contributed by atoms with Gasteiger partial charge in [0.05, 0.1) is 0 Å². The summed E-state index contributed by atoms with van der Waals surface area (Å²) in [5.74, 6) is 0.217. The van der Waals surface area contributed by atoms with Crippen LogP contribution in [0.25, 0.3) is 0 Å². The predicted molar refractivity (Wildman–Crippen MR) is 87.2 cm³/mol. The van der Waals surface area contributed by atoms with Crippen LogP contribution in [0.5, 0.6) is 0 Å². The smallest absolute Gasteiger partial charge is 0.144 e. The zero-order valence-electron chi connectivity index (χ0n) is 12.0. The van der Waals surface area contributed by atoms with Gasteiger partial charge in [-0.15, -0.1) is 0 Å². The summed E-state index contributed by atoms with van der Waals surface area (Å²) in [5.41, 5.74) is 4.22. The van der Waals surface area contributed by atoms with Crippen molar-refractivity contribution in [1.29, 1.82) is 0 Å². The molecule has 1 heterocycles. The van der Waals surface area contributed by atoms with Crippen LogP contribution >= 0.6 is 11.6 Å². The first-order chi connectivity index (χ1) is 10.1. The normalized spacial score (nSPS) is 17.0. The van der Waals surface area contributed by atoms with Crippen LogP contribution in [0.1, 0.15) is 29.0 Å². The molecule has 0 fully saturated rings. The number of Topliss-reactive ketones (excluding diaryl/α,β-unsaturated/α-hetero) is 1. The van der Waals surface area contributed by atoms with Crippen molar-refractivity contribution in [3.05, 3.63) is 64.2 Å². The maximum atomic E-state index is 12.7. The maximum Gasteiger partial charge on any atom is 0.144 e. The highest BCUT2D eigenvalue weighted by Crippen LogP contribution is 2.33. The number of para-hydroxylation sites is 1. The highest BCUT2D eigenvalue weighted by molar-refractivity contribution is 6.31. The second kappa shape index (κ2) is 5.90. The molecule has 0 aliphatic carbocycles. The van der Waals surface area contributed by atoms with Gasteiger partial charge in [0.2, 0.25) is 0 Å². The fraction of sp³-hybridized carbons (Fsp3) is 0.278. The minimum Gasteiger partial charge on any atom is -0.385 e. The van der Waals surface area contributed by atoms with Crippen LogP contribution < -0.4 is 5.32 Å². The van der Waals surface area contributed by atoms with Gasteiger partial charge in [-0.05, 0) is 42.2 Å². The molecule has 1 aliphatic heterocycles. The second-order valence-electron chi connectivity index (χ2n) is 5.59. The molecule has 1 unspecified atom stereocenters. The van der Waals surface area contributed by atoms with Crippen LogP contribution in [-0.2, 0) is 11.2 Å².